The smallest absolute Gasteiger partial charge is 0.119 e. The van der Waals surface area contributed by atoms with Crippen LogP contribution in [0.3, 0.4) is 0 Å². The highest BCUT2D eigenvalue weighted by molar-refractivity contribution is 5.51. The zero-order valence-electron chi connectivity index (χ0n) is 13.0. The molecular weight excluding hydrogens is 266 g/mol. The van der Waals surface area contributed by atoms with Crippen molar-refractivity contribution < 1.29 is 14.9 Å². The van der Waals surface area contributed by atoms with Gasteiger partial charge in [-0.05, 0) is 31.2 Å². The van der Waals surface area contributed by atoms with Crippen LogP contribution < -0.4 is 10.1 Å². The Balaban J connectivity index is 2.46. The lowest BCUT2D eigenvalue weighted by Gasteiger charge is -2.16. The van der Waals surface area contributed by atoms with Gasteiger partial charge in [-0.1, -0.05) is 44.1 Å². The Bertz CT molecular complexity index is 399. The van der Waals surface area contributed by atoms with Crippen LogP contribution in [0.2, 0.25) is 0 Å². The first kappa shape index (κ1) is 17.7. The summed E-state index contributed by atoms with van der Waals surface area (Å²) in [7, 11) is 1.71. The molecule has 0 heterocycles. The lowest BCUT2D eigenvalue weighted by molar-refractivity contribution is 0.128. The molecule has 0 aliphatic rings. The van der Waals surface area contributed by atoms with Crippen molar-refractivity contribution in [3.63, 3.8) is 0 Å². The molecule has 2 atom stereocenters. The predicted octanol–water partition coefficient (Wildman–Crippen LogP) is 2.21. The fourth-order valence-corrected chi connectivity index (χ4v) is 1.93. The zero-order chi connectivity index (χ0) is 15.5. The van der Waals surface area contributed by atoms with E-state index in [4.69, 9.17) is 9.84 Å². The van der Waals surface area contributed by atoms with E-state index in [-0.39, 0.29) is 12.6 Å². The van der Waals surface area contributed by atoms with E-state index in [2.05, 4.69) is 12.2 Å². The molecule has 1 aromatic carbocycles. The fraction of sp³-hybridized carbons (Fsp3) is 0.529. The Kier molecular flexibility index (Phi) is 8.74. The number of likely N-dealkylation sites (N-methyl/N-ethyl adjacent to an activating group) is 1. The van der Waals surface area contributed by atoms with Crippen molar-refractivity contribution in [1.82, 2.24) is 5.32 Å². The van der Waals surface area contributed by atoms with E-state index < -0.39 is 6.10 Å². The van der Waals surface area contributed by atoms with Gasteiger partial charge in [0.05, 0.1) is 25.4 Å². The number of nitrogens with one attached hydrogen (secondary N) is 1. The quantitative estimate of drug-likeness (QED) is 0.579. The van der Waals surface area contributed by atoms with Crippen molar-refractivity contribution in [3.8, 4) is 5.75 Å². The second kappa shape index (κ2) is 10.4. The Morgan fingerprint density at radius 1 is 1.24 bits per heavy atom. The molecule has 1 rings (SSSR count). The van der Waals surface area contributed by atoms with Gasteiger partial charge in [-0.25, -0.2) is 0 Å². The lowest BCUT2D eigenvalue weighted by atomic mass is 10.1. The molecule has 118 valence electrons. The van der Waals surface area contributed by atoms with E-state index >= 15 is 0 Å². The SMILES string of the molecule is CCCCCOc1ccc(/C=C/[C@H](O)C(CO)NC)cc1. The topological polar surface area (TPSA) is 61.7 Å². The normalized spacial score (nSPS) is 14.3. The highest BCUT2D eigenvalue weighted by Gasteiger charge is 2.12. The van der Waals surface area contributed by atoms with Crippen LogP contribution in [0.25, 0.3) is 6.08 Å². The minimum absolute atomic E-state index is 0.105. The van der Waals surface area contributed by atoms with Gasteiger partial charge in [0.2, 0.25) is 0 Å². The average Bonchev–Trinajstić information content (AvgIpc) is 2.52. The standard InChI is InChI=1S/C17H27NO3/c1-3-4-5-12-21-15-9-6-14(7-10-15)8-11-17(20)16(13-19)18-2/h6-11,16-20H,3-5,12-13H2,1-2H3/b11-8+/t16?,17-/m0/s1. The fourth-order valence-electron chi connectivity index (χ4n) is 1.93. The van der Waals surface area contributed by atoms with E-state index in [9.17, 15) is 5.11 Å². The maximum Gasteiger partial charge on any atom is 0.119 e. The first-order valence-corrected chi connectivity index (χ1v) is 7.58. The third-order valence-electron chi connectivity index (χ3n) is 3.36. The van der Waals surface area contributed by atoms with E-state index in [0.717, 1.165) is 24.3 Å². The summed E-state index contributed by atoms with van der Waals surface area (Å²) in [5, 5.41) is 21.8. The molecule has 0 radical (unpaired) electrons. The lowest BCUT2D eigenvalue weighted by Crippen LogP contribution is -2.39. The van der Waals surface area contributed by atoms with E-state index in [0.29, 0.717) is 0 Å². The highest BCUT2D eigenvalue weighted by Crippen LogP contribution is 2.14. The summed E-state index contributed by atoms with van der Waals surface area (Å²) in [6.45, 7) is 2.82. The molecule has 1 unspecified atom stereocenters. The Labute approximate surface area is 127 Å². The van der Waals surface area contributed by atoms with Crippen LogP contribution >= 0.6 is 0 Å². The number of hydrogen-bond acceptors (Lipinski definition) is 4. The third kappa shape index (κ3) is 6.76. The van der Waals surface area contributed by atoms with E-state index in [1.165, 1.54) is 12.8 Å². The van der Waals surface area contributed by atoms with Gasteiger partial charge in [0, 0.05) is 0 Å². The summed E-state index contributed by atoms with van der Waals surface area (Å²) in [6.07, 6.45) is 6.26. The van der Waals surface area contributed by atoms with Gasteiger partial charge < -0.3 is 20.3 Å². The van der Waals surface area contributed by atoms with Gasteiger partial charge in [0.25, 0.3) is 0 Å². The molecule has 21 heavy (non-hydrogen) atoms. The molecule has 3 N–H and O–H groups in total. The summed E-state index contributed by atoms with van der Waals surface area (Å²) in [5.74, 6) is 0.868. The van der Waals surface area contributed by atoms with Crippen LogP contribution in [0.4, 0.5) is 0 Å². The average molecular weight is 293 g/mol. The minimum Gasteiger partial charge on any atom is -0.494 e. The number of unbranched alkanes of at least 4 members (excludes halogenated alkanes) is 2. The summed E-state index contributed by atoms with van der Waals surface area (Å²) >= 11 is 0. The molecule has 0 aromatic heterocycles. The maximum absolute atomic E-state index is 9.86. The Morgan fingerprint density at radius 3 is 2.52 bits per heavy atom. The largest absolute Gasteiger partial charge is 0.494 e. The molecule has 1 aromatic rings. The molecule has 0 aliphatic heterocycles. The van der Waals surface area contributed by atoms with Crippen molar-refractivity contribution >= 4 is 6.08 Å². The van der Waals surface area contributed by atoms with E-state index in [1.807, 2.05) is 30.3 Å². The highest BCUT2D eigenvalue weighted by atomic mass is 16.5. The van der Waals surface area contributed by atoms with Crippen molar-refractivity contribution in [1.29, 1.82) is 0 Å². The molecular formula is C17H27NO3. The first-order chi connectivity index (χ1) is 10.2. The number of ether oxygens (including phenoxy) is 1. The van der Waals surface area contributed by atoms with Crippen LogP contribution in [0, 0.1) is 0 Å². The van der Waals surface area contributed by atoms with Crippen LogP contribution in [-0.2, 0) is 0 Å². The number of hydrogen-bond donors (Lipinski definition) is 3. The second-order valence-corrected chi connectivity index (χ2v) is 5.05. The van der Waals surface area contributed by atoms with Gasteiger partial charge in [-0.15, -0.1) is 0 Å². The second-order valence-electron chi connectivity index (χ2n) is 5.05. The van der Waals surface area contributed by atoms with Gasteiger partial charge >= 0.3 is 0 Å². The first-order valence-electron chi connectivity index (χ1n) is 7.58. The van der Waals surface area contributed by atoms with Crippen molar-refractivity contribution in [2.75, 3.05) is 20.3 Å². The molecule has 0 saturated carbocycles. The summed E-state index contributed by atoms with van der Waals surface area (Å²) in [5.41, 5.74) is 0.989. The van der Waals surface area contributed by atoms with Crippen molar-refractivity contribution in [2.24, 2.45) is 0 Å². The van der Waals surface area contributed by atoms with Crippen LogP contribution in [0.5, 0.6) is 5.75 Å². The van der Waals surface area contributed by atoms with Crippen molar-refractivity contribution in [2.45, 2.75) is 38.3 Å². The zero-order valence-corrected chi connectivity index (χ0v) is 13.0. The number of aliphatic hydroxyl groups excluding tert-OH is 2. The molecule has 0 aliphatic carbocycles. The van der Waals surface area contributed by atoms with Gasteiger partial charge in [-0.2, -0.15) is 0 Å². The predicted molar refractivity (Wildman–Crippen MR) is 86.4 cm³/mol. The monoisotopic (exact) mass is 293 g/mol. The van der Waals surface area contributed by atoms with E-state index in [1.54, 1.807) is 13.1 Å². The third-order valence-corrected chi connectivity index (χ3v) is 3.36. The molecule has 4 heteroatoms. The van der Waals surface area contributed by atoms with Crippen LogP contribution in [-0.4, -0.2) is 42.6 Å². The van der Waals surface area contributed by atoms with Gasteiger partial charge in [0.15, 0.2) is 0 Å². The van der Waals surface area contributed by atoms with Crippen molar-refractivity contribution in [3.05, 3.63) is 35.9 Å². The number of benzene rings is 1. The minimum atomic E-state index is -0.718. The molecule has 4 nitrogen and oxygen atoms in total. The summed E-state index contributed by atoms with van der Waals surface area (Å²) in [4.78, 5) is 0. The Morgan fingerprint density at radius 2 is 1.95 bits per heavy atom. The van der Waals surface area contributed by atoms with Gasteiger partial charge in [0.1, 0.15) is 5.75 Å². The molecule has 0 fully saturated rings. The summed E-state index contributed by atoms with van der Waals surface area (Å²) < 4.78 is 5.65. The van der Waals surface area contributed by atoms with Gasteiger partial charge in [-0.3, -0.25) is 0 Å². The summed E-state index contributed by atoms with van der Waals surface area (Å²) in [6, 6.07) is 7.42. The molecule has 0 saturated heterocycles. The number of aliphatic hydroxyl groups is 2. The molecule has 0 spiro atoms. The maximum atomic E-state index is 9.86. The van der Waals surface area contributed by atoms with Crippen LogP contribution in [0.15, 0.2) is 30.3 Å². The Hall–Kier alpha value is -1.36. The molecule has 0 amide bonds. The van der Waals surface area contributed by atoms with Crippen LogP contribution in [0.1, 0.15) is 31.7 Å². The molecule has 0 bridgehead atoms. The number of rotatable bonds is 10.